The van der Waals surface area contributed by atoms with Crippen molar-refractivity contribution < 1.29 is 14.6 Å². The number of benzene rings is 1. The van der Waals surface area contributed by atoms with Crippen molar-refractivity contribution in [2.45, 2.75) is 31.7 Å². The molecular formula is C16H21N3O3. The molecule has 1 aromatic carbocycles. The van der Waals surface area contributed by atoms with Crippen LogP contribution in [0, 0.1) is 0 Å². The second kappa shape index (κ2) is 6.36. The number of aryl methyl sites for hydroxylation is 1. The summed E-state index contributed by atoms with van der Waals surface area (Å²) in [5.41, 5.74) is 1.84. The van der Waals surface area contributed by atoms with Crippen LogP contribution in [0.3, 0.4) is 0 Å². The van der Waals surface area contributed by atoms with Crippen molar-refractivity contribution in [3.8, 4) is 5.75 Å². The van der Waals surface area contributed by atoms with Crippen LogP contribution in [0.5, 0.6) is 5.75 Å². The summed E-state index contributed by atoms with van der Waals surface area (Å²) in [5.74, 6) is 1.30. The van der Waals surface area contributed by atoms with E-state index in [4.69, 9.17) is 14.8 Å². The molecule has 2 heterocycles. The number of nitrogens with zero attached hydrogens (tertiary/aromatic N) is 2. The molecule has 1 aromatic heterocycles. The van der Waals surface area contributed by atoms with Gasteiger partial charge in [-0.05, 0) is 31.5 Å². The Kier molecular flexibility index (Phi) is 4.29. The van der Waals surface area contributed by atoms with E-state index in [0.29, 0.717) is 12.5 Å². The summed E-state index contributed by atoms with van der Waals surface area (Å²) in [7, 11) is 1.63. The summed E-state index contributed by atoms with van der Waals surface area (Å²) in [5, 5.41) is 12.4. The van der Waals surface area contributed by atoms with Crippen LogP contribution in [0.1, 0.15) is 31.0 Å². The average Bonchev–Trinajstić information content (AvgIpc) is 2.91. The highest BCUT2D eigenvalue weighted by atomic mass is 16.5. The maximum absolute atomic E-state index is 11.0. The normalized spacial score (nSPS) is 18.5. The molecule has 6 heteroatoms. The van der Waals surface area contributed by atoms with Gasteiger partial charge in [0.2, 0.25) is 0 Å². The molecule has 1 aliphatic heterocycles. The van der Waals surface area contributed by atoms with E-state index in [-0.39, 0.29) is 6.42 Å². The number of methoxy groups -OCH3 is 1. The highest BCUT2D eigenvalue weighted by molar-refractivity contribution is 5.78. The van der Waals surface area contributed by atoms with Crippen molar-refractivity contribution in [2.75, 3.05) is 20.2 Å². The average molecular weight is 303 g/mol. The van der Waals surface area contributed by atoms with Crippen molar-refractivity contribution in [1.29, 1.82) is 0 Å². The lowest BCUT2D eigenvalue weighted by molar-refractivity contribution is -0.137. The zero-order valence-corrected chi connectivity index (χ0v) is 12.7. The number of rotatable bonds is 5. The van der Waals surface area contributed by atoms with E-state index < -0.39 is 5.97 Å². The monoisotopic (exact) mass is 303 g/mol. The van der Waals surface area contributed by atoms with Gasteiger partial charge in [0.1, 0.15) is 11.6 Å². The smallest absolute Gasteiger partial charge is 0.305 e. The maximum Gasteiger partial charge on any atom is 0.305 e. The number of fused-ring (bicyclic) bond motifs is 1. The van der Waals surface area contributed by atoms with Crippen LogP contribution in [-0.2, 0) is 11.3 Å². The zero-order chi connectivity index (χ0) is 15.5. The van der Waals surface area contributed by atoms with Crippen LogP contribution in [-0.4, -0.2) is 40.8 Å². The Morgan fingerprint density at radius 3 is 3.09 bits per heavy atom. The number of aliphatic carboxylic acids is 1. The molecular weight excluding hydrogens is 282 g/mol. The Bertz CT molecular complexity index is 675. The molecule has 0 aliphatic carbocycles. The summed E-state index contributed by atoms with van der Waals surface area (Å²) < 4.78 is 7.32. The number of imidazole rings is 1. The molecule has 0 bridgehead atoms. The minimum atomic E-state index is -0.789. The van der Waals surface area contributed by atoms with Crippen molar-refractivity contribution in [1.82, 2.24) is 14.9 Å². The van der Waals surface area contributed by atoms with Gasteiger partial charge in [0.25, 0.3) is 0 Å². The molecule has 1 atom stereocenters. The minimum absolute atomic E-state index is 0.102. The van der Waals surface area contributed by atoms with E-state index in [1.165, 1.54) is 0 Å². The van der Waals surface area contributed by atoms with Gasteiger partial charge in [0, 0.05) is 25.1 Å². The van der Waals surface area contributed by atoms with Gasteiger partial charge in [0.15, 0.2) is 0 Å². The van der Waals surface area contributed by atoms with Gasteiger partial charge in [0.05, 0.1) is 24.6 Å². The van der Waals surface area contributed by atoms with Gasteiger partial charge < -0.3 is 19.7 Å². The first-order chi connectivity index (χ1) is 10.7. The minimum Gasteiger partial charge on any atom is -0.497 e. The number of carboxylic acids is 1. The van der Waals surface area contributed by atoms with Crippen LogP contribution in [0.4, 0.5) is 0 Å². The lowest BCUT2D eigenvalue weighted by atomic mass is 9.99. The molecule has 1 saturated heterocycles. The number of hydrogen-bond donors (Lipinski definition) is 2. The number of nitrogens with one attached hydrogen (secondary N) is 1. The van der Waals surface area contributed by atoms with Crippen LogP contribution in [0.25, 0.3) is 11.0 Å². The summed E-state index contributed by atoms with van der Waals surface area (Å²) in [6, 6.07) is 5.76. The Morgan fingerprint density at radius 1 is 1.55 bits per heavy atom. The van der Waals surface area contributed by atoms with Crippen molar-refractivity contribution in [3.63, 3.8) is 0 Å². The fraction of sp³-hybridized carbons (Fsp3) is 0.500. The van der Waals surface area contributed by atoms with Crippen LogP contribution < -0.4 is 10.1 Å². The number of carboxylic acid groups (broad SMARTS) is 1. The number of carbonyl (C=O) groups is 1. The van der Waals surface area contributed by atoms with E-state index in [0.717, 1.165) is 48.5 Å². The van der Waals surface area contributed by atoms with Crippen molar-refractivity contribution >= 4 is 17.0 Å². The number of hydrogen-bond acceptors (Lipinski definition) is 4. The number of piperidine rings is 1. The molecule has 2 aromatic rings. The summed E-state index contributed by atoms with van der Waals surface area (Å²) in [6.45, 7) is 2.39. The highest BCUT2D eigenvalue weighted by Gasteiger charge is 2.22. The predicted molar refractivity (Wildman–Crippen MR) is 83.4 cm³/mol. The van der Waals surface area contributed by atoms with E-state index in [1.54, 1.807) is 7.11 Å². The van der Waals surface area contributed by atoms with Crippen LogP contribution >= 0.6 is 0 Å². The third-order valence-corrected chi connectivity index (χ3v) is 4.20. The summed E-state index contributed by atoms with van der Waals surface area (Å²) in [6.07, 6.45) is 2.31. The Hall–Kier alpha value is -2.08. The number of aromatic nitrogens is 2. The first kappa shape index (κ1) is 14.8. The van der Waals surface area contributed by atoms with Gasteiger partial charge in [-0.15, -0.1) is 0 Å². The molecule has 3 rings (SSSR count). The first-order valence-electron chi connectivity index (χ1n) is 7.65. The third-order valence-electron chi connectivity index (χ3n) is 4.20. The van der Waals surface area contributed by atoms with Crippen LogP contribution in [0.15, 0.2) is 18.2 Å². The van der Waals surface area contributed by atoms with Crippen molar-refractivity contribution in [3.05, 3.63) is 24.0 Å². The predicted octanol–water partition coefficient (Wildman–Crippen LogP) is 1.99. The lowest BCUT2D eigenvalue weighted by Crippen LogP contribution is -2.30. The van der Waals surface area contributed by atoms with E-state index in [9.17, 15) is 4.79 Å². The lowest BCUT2D eigenvalue weighted by Gasteiger charge is -2.23. The molecule has 0 saturated carbocycles. The molecule has 6 nitrogen and oxygen atoms in total. The van der Waals surface area contributed by atoms with Gasteiger partial charge in [-0.1, -0.05) is 0 Å². The van der Waals surface area contributed by atoms with E-state index >= 15 is 0 Å². The largest absolute Gasteiger partial charge is 0.497 e. The highest BCUT2D eigenvalue weighted by Crippen LogP contribution is 2.29. The molecule has 118 valence electrons. The molecule has 2 N–H and O–H groups in total. The van der Waals surface area contributed by atoms with Gasteiger partial charge >= 0.3 is 5.97 Å². The molecule has 0 amide bonds. The van der Waals surface area contributed by atoms with Crippen molar-refractivity contribution in [2.24, 2.45) is 0 Å². The second-order valence-electron chi connectivity index (χ2n) is 5.66. The van der Waals surface area contributed by atoms with Gasteiger partial charge in [-0.3, -0.25) is 4.79 Å². The second-order valence-corrected chi connectivity index (χ2v) is 5.66. The Balaban J connectivity index is 2.02. The molecule has 1 unspecified atom stereocenters. The topological polar surface area (TPSA) is 76.4 Å². The summed E-state index contributed by atoms with van der Waals surface area (Å²) >= 11 is 0. The maximum atomic E-state index is 11.0. The zero-order valence-electron chi connectivity index (χ0n) is 12.7. The van der Waals surface area contributed by atoms with Crippen LogP contribution in [0.2, 0.25) is 0 Å². The molecule has 1 aliphatic rings. The van der Waals surface area contributed by atoms with Gasteiger partial charge in [-0.25, -0.2) is 4.98 Å². The molecule has 1 fully saturated rings. The van der Waals surface area contributed by atoms with E-state index in [1.807, 2.05) is 18.2 Å². The number of ether oxygens (including phenoxy) is 1. The third kappa shape index (κ3) is 2.92. The molecule has 0 spiro atoms. The van der Waals surface area contributed by atoms with Gasteiger partial charge in [-0.2, -0.15) is 0 Å². The quantitative estimate of drug-likeness (QED) is 0.883. The molecule has 0 radical (unpaired) electrons. The SMILES string of the molecule is COc1ccc2c(c1)nc(C1CCCNC1)n2CCC(=O)O. The summed E-state index contributed by atoms with van der Waals surface area (Å²) in [4.78, 5) is 15.7. The fourth-order valence-corrected chi connectivity index (χ4v) is 3.08. The Labute approximate surface area is 129 Å². The fourth-order valence-electron chi connectivity index (χ4n) is 3.08. The first-order valence-corrected chi connectivity index (χ1v) is 7.65. The Morgan fingerprint density at radius 2 is 2.41 bits per heavy atom. The van der Waals surface area contributed by atoms with E-state index in [2.05, 4.69) is 9.88 Å². The molecule has 22 heavy (non-hydrogen) atoms. The standard InChI is InChI=1S/C16H21N3O3/c1-22-12-4-5-14-13(9-12)18-16(11-3-2-7-17-10-11)19(14)8-6-15(20)21/h4-5,9,11,17H,2-3,6-8,10H2,1H3,(H,20,21).